The van der Waals surface area contributed by atoms with E-state index in [4.69, 9.17) is 9.47 Å². The molecule has 0 spiro atoms. The molecule has 0 fully saturated rings. The normalized spacial score (nSPS) is 10.6. The van der Waals surface area contributed by atoms with Crippen molar-refractivity contribution in [2.75, 3.05) is 14.2 Å². The molecule has 2 aromatic carbocycles. The Morgan fingerprint density at radius 1 is 1.05 bits per heavy atom. The number of rotatable bonds is 5. The maximum Gasteiger partial charge on any atom is 0.185 e. The fraction of sp³-hybridized carbons (Fsp3) is 0.118. The molecule has 0 N–H and O–H groups in total. The Morgan fingerprint density at radius 3 is 2.33 bits per heavy atom. The summed E-state index contributed by atoms with van der Waals surface area (Å²) in [6, 6.07) is 12.7. The maximum absolute atomic E-state index is 12.1. The van der Waals surface area contributed by atoms with Crippen LogP contribution in [0.25, 0.3) is 6.08 Å². The van der Waals surface area contributed by atoms with E-state index in [0.29, 0.717) is 5.56 Å². The summed E-state index contributed by atoms with van der Waals surface area (Å²) in [7, 11) is 3.21. The van der Waals surface area contributed by atoms with Gasteiger partial charge in [-0.25, -0.2) is 0 Å². The molecule has 0 amide bonds. The third-order valence-electron chi connectivity index (χ3n) is 2.98. The average Bonchev–Trinajstić information content (AvgIpc) is 2.52. The van der Waals surface area contributed by atoms with Gasteiger partial charge in [0.2, 0.25) is 0 Å². The van der Waals surface area contributed by atoms with Gasteiger partial charge < -0.3 is 9.47 Å². The Labute approximate surface area is 132 Å². The van der Waals surface area contributed by atoms with Crippen LogP contribution < -0.4 is 9.47 Å². The molecule has 0 bridgehead atoms. The van der Waals surface area contributed by atoms with Crippen LogP contribution in [0.15, 0.2) is 53.0 Å². The lowest BCUT2D eigenvalue weighted by atomic mass is 10.1. The monoisotopic (exact) mass is 346 g/mol. The number of benzene rings is 2. The zero-order chi connectivity index (χ0) is 15.2. The number of ketones is 1. The zero-order valence-corrected chi connectivity index (χ0v) is 13.4. The molecule has 0 aliphatic rings. The van der Waals surface area contributed by atoms with E-state index in [-0.39, 0.29) is 5.78 Å². The van der Waals surface area contributed by atoms with E-state index in [2.05, 4.69) is 15.9 Å². The van der Waals surface area contributed by atoms with Gasteiger partial charge in [0.15, 0.2) is 5.78 Å². The summed E-state index contributed by atoms with van der Waals surface area (Å²) in [6.07, 6.45) is 3.33. The predicted octanol–water partition coefficient (Wildman–Crippen LogP) is 4.36. The topological polar surface area (TPSA) is 35.5 Å². The molecular weight excluding hydrogens is 332 g/mol. The predicted molar refractivity (Wildman–Crippen MR) is 87.1 cm³/mol. The van der Waals surface area contributed by atoms with E-state index < -0.39 is 0 Å². The molecule has 0 radical (unpaired) electrons. The number of halogens is 1. The second-order valence-electron chi connectivity index (χ2n) is 4.32. The number of methoxy groups -OCH3 is 2. The summed E-state index contributed by atoms with van der Waals surface area (Å²) >= 11 is 3.42. The summed E-state index contributed by atoms with van der Waals surface area (Å²) in [6.45, 7) is 0. The average molecular weight is 347 g/mol. The molecular formula is C17H15BrO3. The van der Waals surface area contributed by atoms with Gasteiger partial charge in [-0.15, -0.1) is 0 Å². The molecule has 0 saturated carbocycles. The Morgan fingerprint density at radius 2 is 1.76 bits per heavy atom. The number of carbonyl (C=O) groups is 1. The lowest BCUT2D eigenvalue weighted by Gasteiger charge is -2.03. The smallest absolute Gasteiger partial charge is 0.185 e. The van der Waals surface area contributed by atoms with Crippen molar-refractivity contribution in [2.24, 2.45) is 0 Å². The molecule has 0 saturated heterocycles. The fourth-order valence-electron chi connectivity index (χ4n) is 1.81. The summed E-state index contributed by atoms with van der Waals surface area (Å²) < 4.78 is 11.1. The van der Waals surface area contributed by atoms with E-state index in [1.165, 1.54) is 0 Å². The third kappa shape index (κ3) is 3.95. The van der Waals surface area contributed by atoms with Crippen LogP contribution in [0.3, 0.4) is 0 Å². The minimum atomic E-state index is -0.0513. The van der Waals surface area contributed by atoms with Crippen molar-refractivity contribution in [3.63, 3.8) is 0 Å². The molecule has 4 heteroatoms. The van der Waals surface area contributed by atoms with E-state index in [0.717, 1.165) is 21.5 Å². The first kappa shape index (κ1) is 15.3. The van der Waals surface area contributed by atoms with Crippen LogP contribution in [0.4, 0.5) is 0 Å². The van der Waals surface area contributed by atoms with Crippen LogP contribution in [-0.4, -0.2) is 20.0 Å². The third-order valence-corrected chi connectivity index (χ3v) is 3.60. The Hall–Kier alpha value is -2.07. The minimum Gasteiger partial charge on any atom is -0.497 e. The summed E-state index contributed by atoms with van der Waals surface area (Å²) in [5.74, 6) is 1.44. The van der Waals surface area contributed by atoms with Crippen LogP contribution in [-0.2, 0) is 0 Å². The van der Waals surface area contributed by atoms with Crippen molar-refractivity contribution in [1.29, 1.82) is 0 Å². The van der Waals surface area contributed by atoms with Gasteiger partial charge in [-0.3, -0.25) is 4.79 Å². The van der Waals surface area contributed by atoms with Crippen LogP contribution in [0.1, 0.15) is 15.9 Å². The second kappa shape index (κ2) is 7.09. The highest BCUT2D eigenvalue weighted by molar-refractivity contribution is 9.10. The van der Waals surface area contributed by atoms with Gasteiger partial charge in [0.05, 0.1) is 18.7 Å². The number of allylic oxidation sites excluding steroid dienone is 1. The standard InChI is InChI=1S/C17H15BrO3/c1-20-14-7-5-13(6-8-14)16(19)9-3-12-4-10-17(21-2)15(18)11-12/h3-11H,1-2H3/b9-3+. The van der Waals surface area contributed by atoms with E-state index in [1.807, 2.05) is 18.2 Å². The highest BCUT2D eigenvalue weighted by Gasteiger charge is 2.03. The number of carbonyl (C=O) groups excluding carboxylic acids is 1. The summed E-state index contributed by atoms with van der Waals surface area (Å²) in [5, 5.41) is 0. The van der Waals surface area contributed by atoms with Crippen molar-refractivity contribution in [1.82, 2.24) is 0 Å². The molecule has 2 rings (SSSR count). The van der Waals surface area contributed by atoms with E-state index in [1.54, 1.807) is 50.6 Å². The lowest BCUT2D eigenvalue weighted by Crippen LogP contribution is -1.94. The first-order chi connectivity index (χ1) is 10.1. The highest BCUT2D eigenvalue weighted by Crippen LogP contribution is 2.26. The largest absolute Gasteiger partial charge is 0.497 e. The molecule has 0 aromatic heterocycles. The van der Waals surface area contributed by atoms with Crippen LogP contribution in [0.5, 0.6) is 11.5 Å². The first-order valence-corrected chi connectivity index (χ1v) is 7.13. The van der Waals surface area contributed by atoms with Gasteiger partial charge in [0, 0.05) is 5.56 Å². The summed E-state index contributed by atoms with van der Waals surface area (Å²) in [4.78, 5) is 12.1. The van der Waals surface area contributed by atoms with Gasteiger partial charge in [-0.2, -0.15) is 0 Å². The molecule has 0 aliphatic carbocycles. The van der Waals surface area contributed by atoms with Crippen molar-refractivity contribution in [3.8, 4) is 11.5 Å². The number of ether oxygens (including phenoxy) is 2. The molecule has 108 valence electrons. The number of hydrogen-bond donors (Lipinski definition) is 0. The molecule has 2 aromatic rings. The molecule has 3 nitrogen and oxygen atoms in total. The van der Waals surface area contributed by atoms with Crippen molar-refractivity contribution < 1.29 is 14.3 Å². The molecule has 0 unspecified atom stereocenters. The van der Waals surface area contributed by atoms with Gasteiger partial charge in [-0.05, 0) is 64.0 Å². The zero-order valence-electron chi connectivity index (χ0n) is 11.8. The van der Waals surface area contributed by atoms with Crippen LogP contribution in [0, 0.1) is 0 Å². The van der Waals surface area contributed by atoms with Crippen LogP contribution in [0.2, 0.25) is 0 Å². The van der Waals surface area contributed by atoms with E-state index in [9.17, 15) is 4.79 Å². The quantitative estimate of drug-likeness (QED) is 0.595. The Bertz CT molecular complexity index is 660. The van der Waals surface area contributed by atoms with Crippen molar-refractivity contribution in [2.45, 2.75) is 0 Å². The Balaban J connectivity index is 2.12. The summed E-state index contributed by atoms with van der Waals surface area (Å²) in [5.41, 5.74) is 1.55. The van der Waals surface area contributed by atoms with Crippen LogP contribution >= 0.6 is 15.9 Å². The lowest BCUT2D eigenvalue weighted by molar-refractivity contribution is 0.104. The fourth-order valence-corrected chi connectivity index (χ4v) is 2.37. The molecule has 0 aliphatic heterocycles. The molecule has 0 heterocycles. The van der Waals surface area contributed by atoms with Gasteiger partial charge in [-0.1, -0.05) is 12.1 Å². The highest BCUT2D eigenvalue weighted by atomic mass is 79.9. The first-order valence-electron chi connectivity index (χ1n) is 6.34. The minimum absolute atomic E-state index is 0.0513. The SMILES string of the molecule is COc1ccc(C(=O)/C=C/c2ccc(OC)c(Br)c2)cc1. The van der Waals surface area contributed by atoms with Crippen molar-refractivity contribution >= 4 is 27.8 Å². The Kier molecular flexibility index (Phi) is 5.17. The van der Waals surface area contributed by atoms with E-state index >= 15 is 0 Å². The van der Waals surface area contributed by atoms with Crippen molar-refractivity contribution in [3.05, 3.63) is 64.1 Å². The molecule has 21 heavy (non-hydrogen) atoms. The second-order valence-corrected chi connectivity index (χ2v) is 5.17. The van der Waals surface area contributed by atoms with Gasteiger partial charge in [0.25, 0.3) is 0 Å². The molecule has 0 atom stereocenters. The number of hydrogen-bond acceptors (Lipinski definition) is 3. The maximum atomic E-state index is 12.1. The van der Waals surface area contributed by atoms with Gasteiger partial charge >= 0.3 is 0 Å². The van der Waals surface area contributed by atoms with Gasteiger partial charge in [0.1, 0.15) is 11.5 Å².